The van der Waals surface area contributed by atoms with Crippen LogP contribution in [0.15, 0.2) is 70.5 Å². The van der Waals surface area contributed by atoms with Crippen LogP contribution >= 0.6 is 0 Å². The van der Waals surface area contributed by atoms with Crippen LogP contribution in [-0.2, 0) is 28.4 Å². The van der Waals surface area contributed by atoms with Gasteiger partial charge in [0.25, 0.3) is 5.56 Å². The van der Waals surface area contributed by atoms with E-state index < -0.39 is 21.9 Å². The Kier molecular flexibility index (Phi) is 6.82. The molecule has 0 aliphatic carbocycles. The molecular weight excluding hydrogens is 468 g/mol. The molecule has 9 heteroatoms. The second kappa shape index (κ2) is 9.67. The van der Waals surface area contributed by atoms with Gasteiger partial charge in [-0.3, -0.25) is 9.59 Å². The summed E-state index contributed by atoms with van der Waals surface area (Å²) in [5.74, 6) is -1.21. The van der Waals surface area contributed by atoms with Crippen molar-refractivity contribution in [3.63, 3.8) is 0 Å². The topological polar surface area (TPSA) is 106 Å². The highest BCUT2D eigenvalue weighted by molar-refractivity contribution is 7.89. The molecule has 0 saturated heterocycles. The molecule has 0 saturated carbocycles. The highest BCUT2D eigenvalue weighted by Crippen LogP contribution is 2.33. The van der Waals surface area contributed by atoms with Crippen molar-refractivity contribution in [1.82, 2.24) is 8.87 Å². The fraction of sp³-hybridized carbons (Fsp3) is 0.308. The first kappa shape index (κ1) is 24.7. The Balaban J connectivity index is 1.74. The minimum atomic E-state index is -3.81. The summed E-state index contributed by atoms with van der Waals surface area (Å²) in [4.78, 5) is 24.0. The van der Waals surface area contributed by atoms with Crippen molar-refractivity contribution in [3.05, 3.63) is 93.4 Å². The number of pyridine rings is 1. The average molecular weight is 497 g/mol. The van der Waals surface area contributed by atoms with Crippen molar-refractivity contribution in [2.45, 2.75) is 43.7 Å². The maximum absolute atomic E-state index is 13.5. The minimum Gasteiger partial charge on any atom is -0.488 e. The molecule has 8 nitrogen and oxygen atoms in total. The Hall–Kier alpha value is -3.43. The predicted molar refractivity (Wildman–Crippen MR) is 131 cm³/mol. The molecule has 2 heterocycles. The van der Waals surface area contributed by atoms with Gasteiger partial charge in [0.1, 0.15) is 16.7 Å². The van der Waals surface area contributed by atoms with Gasteiger partial charge in [-0.25, -0.2) is 8.42 Å². The van der Waals surface area contributed by atoms with Gasteiger partial charge < -0.3 is 14.4 Å². The summed E-state index contributed by atoms with van der Waals surface area (Å²) < 4.78 is 35.6. The summed E-state index contributed by atoms with van der Waals surface area (Å²) in [7, 11) is -2.18. The first-order valence-corrected chi connectivity index (χ1v) is 12.7. The van der Waals surface area contributed by atoms with Gasteiger partial charge in [-0.1, -0.05) is 30.3 Å². The zero-order valence-corrected chi connectivity index (χ0v) is 20.7. The molecule has 1 aromatic heterocycles. The number of benzene rings is 2. The molecule has 1 aliphatic rings. The quantitative estimate of drug-likeness (QED) is 0.562. The van der Waals surface area contributed by atoms with Crippen LogP contribution in [0.5, 0.6) is 5.75 Å². The summed E-state index contributed by atoms with van der Waals surface area (Å²) in [6.45, 7) is 4.00. The summed E-state index contributed by atoms with van der Waals surface area (Å²) >= 11 is 0. The third-order valence-electron chi connectivity index (χ3n) is 6.29. The van der Waals surface area contributed by atoms with Crippen LogP contribution in [0.4, 0.5) is 0 Å². The van der Waals surface area contributed by atoms with Crippen LogP contribution in [0.25, 0.3) is 0 Å². The molecule has 3 aromatic rings. The zero-order valence-electron chi connectivity index (χ0n) is 19.8. The van der Waals surface area contributed by atoms with Crippen molar-refractivity contribution in [1.29, 1.82) is 0 Å². The standard InChI is InChI=1S/C26H28N2O6S/c1-17-8-9-19(22(14-26(30)31)20-10-11-27(3)25(29)13-20)12-21(17)16-28-15-18(2)34-23-6-4-5-7-24(23)35(28,32)33/h4-13,18,22H,14-16H2,1-3H3,(H,30,31). The van der Waals surface area contributed by atoms with Gasteiger partial charge in [0.05, 0.1) is 13.0 Å². The van der Waals surface area contributed by atoms with Crippen molar-refractivity contribution in [2.24, 2.45) is 7.05 Å². The Labute approximate surface area is 204 Å². The Morgan fingerprint density at radius 3 is 2.57 bits per heavy atom. The Bertz CT molecular complexity index is 1430. The van der Waals surface area contributed by atoms with Gasteiger partial charge in [-0.2, -0.15) is 4.31 Å². The number of hydrogen-bond donors (Lipinski definition) is 1. The number of aromatic nitrogens is 1. The summed E-state index contributed by atoms with van der Waals surface area (Å²) in [5.41, 5.74) is 2.72. The van der Waals surface area contributed by atoms with E-state index in [1.807, 2.05) is 32.0 Å². The minimum absolute atomic E-state index is 0.111. The number of carboxylic acids is 1. The van der Waals surface area contributed by atoms with Crippen LogP contribution in [0.2, 0.25) is 0 Å². The van der Waals surface area contributed by atoms with Crippen molar-refractivity contribution in [2.75, 3.05) is 6.54 Å². The monoisotopic (exact) mass is 496 g/mol. The third kappa shape index (κ3) is 5.16. The molecule has 0 radical (unpaired) electrons. The van der Waals surface area contributed by atoms with E-state index in [2.05, 4.69) is 0 Å². The van der Waals surface area contributed by atoms with Crippen LogP contribution in [-0.4, -0.2) is 41.0 Å². The normalized spacial score (nSPS) is 18.2. The van der Waals surface area contributed by atoms with Gasteiger partial charge >= 0.3 is 5.97 Å². The summed E-state index contributed by atoms with van der Waals surface area (Å²) in [5, 5.41) is 9.55. The molecule has 2 aromatic carbocycles. The number of hydrogen-bond acceptors (Lipinski definition) is 5. The number of carboxylic acid groups (broad SMARTS) is 1. The van der Waals surface area contributed by atoms with Crippen LogP contribution in [0.3, 0.4) is 0 Å². The van der Waals surface area contributed by atoms with E-state index in [1.165, 1.54) is 21.0 Å². The highest BCUT2D eigenvalue weighted by Gasteiger charge is 2.33. The number of sulfonamides is 1. The zero-order chi connectivity index (χ0) is 25.3. The van der Waals surface area contributed by atoms with E-state index in [1.54, 1.807) is 37.5 Å². The van der Waals surface area contributed by atoms with Gasteiger partial charge in [-0.05, 0) is 54.3 Å². The molecule has 2 unspecified atom stereocenters. The van der Waals surface area contributed by atoms with E-state index in [4.69, 9.17) is 4.74 Å². The lowest BCUT2D eigenvalue weighted by Crippen LogP contribution is -2.35. The largest absolute Gasteiger partial charge is 0.488 e. The Morgan fingerprint density at radius 2 is 1.86 bits per heavy atom. The third-order valence-corrected chi connectivity index (χ3v) is 8.14. The molecule has 4 rings (SSSR count). The number of rotatable bonds is 6. The van der Waals surface area contributed by atoms with Crippen molar-refractivity contribution in [3.8, 4) is 5.75 Å². The van der Waals surface area contributed by atoms with E-state index >= 15 is 0 Å². The lowest BCUT2D eigenvalue weighted by Gasteiger charge is -2.24. The van der Waals surface area contributed by atoms with Crippen molar-refractivity contribution < 1.29 is 23.1 Å². The van der Waals surface area contributed by atoms with Gasteiger partial charge in [0, 0.05) is 31.8 Å². The molecule has 0 amide bonds. The van der Waals surface area contributed by atoms with E-state index in [0.29, 0.717) is 16.9 Å². The predicted octanol–water partition coefficient (Wildman–Crippen LogP) is 3.27. The number of aryl methyl sites for hydroxylation is 2. The molecule has 1 N–H and O–H groups in total. The van der Waals surface area contributed by atoms with Crippen LogP contribution in [0.1, 0.15) is 41.5 Å². The lowest BCUT2D eigenvalue weighted by molar-refractivity contribution is -0.137. The molecule has 1 aliphatic heterocycles. The van der Waals surface area contributed by atoms with Gasteiger partial charge in [0.15, 0.2) is 0 Å². The van der Waals surface area contributed by atoms with Gasteiger partial charge in [-0.15, -0.1) is 0 Å². The smallest absolute Gasteiger partial charge is 0.304 e. The van der Waals surface area contributed by atoms with E-state index in [-0.39, 0.29) is 36.1 Å². The number of nitrogens with zero attached hydrogens (tertiary/aromatic N) is 2. The average Bonchev–Trinajstić information content (AvgIpc) is 2.89. The number of ether oxygens (including phenoxy) is 1. The van der Waals surface area contributed by atoms with Crippen molar-refractivity contribution >= 4 is 16.0 Å². The van der Waals surface area contributed by atoms with E-state index in [0.717, 1.165) is 11.1 Å². The number of para-hydroxylation sites is 1. The summed E-state index contributed by atoms with van der Waals surface area (Å²) in [6, 6.07) is 15.3. The second-order valence-electron chi connectivity index (χ2n) is 8.92. The van der Waals surface area contributed by atoms with Crippen LogP contribution < -0.4 is 10.3 Å². The fourth-order valence-corrected chi connectivity index (χ4v) is 5.95. The second-order valence-corrected chi connectivity index (χ2v) is 10.8. The summed E-state index contributed by atoms with van der Waals surface area (Å²) in [6.07, 6.45) is 1.07. The number of fused-ring (bicyclic) bond motifs is 1. The number of aliphatic carboxylic acids is 1. The molecular formula is C26H28N2O6S. The maximum Gasteiger partial charge on any atom is 0.304 e. The maximum atomic E-state index is 13.5. The number of carbonyl (C=O) groups is 1. The van der Waals surface area contributed by atoms with E-state index in [9.17, 15) is 23.1 Å². The molecule has 0 fully saturated rings. The SMILES string of the molecule is Cc1ccc(C(CC(=O)O)c2ccn(C)c(=O)c2)cc1CN1CC(C)Oc2ccccc2S1(=O)=O. The molecule has 0 spiro atoms. The Morgan fingerprint density at radius 1 is 1.14 bits per heavy atom. The molecule has 0 bridgehead atoms. The van der Waals surface area contributed by atoms with Gasteiger partial charge in [0.2, 0.25) is 10.0 Å². The highest BCUT2D eigenvalue weighted by atomic mass is 32.2. The molecule has 2 atom stereocenters. The molecule has 184 valence electrons. The first-order valence-electron chi connectivity index (χ1n) is 11.3. The first-order chi connectivity index (χ1) is 16.6. The van der Waals surface area contributed by atoms with Crippen LogP contribution in [0, 0.1) is 6.92 Å². The fourth-order valence-electron chi connectivity index (χ4n) is 4.34. The molecule has 35 heavy (non-hydrogen) atoms. The lowest BCUT2D eigenvalue weighted by atomic mass is 9.87.